The van der Waals surface area contributed by atoms with E-state index in [1.807, 2.05) is 0 Å². The van der Waals surface area contributed by atoms with Gasteiger partial charge in [0.2, 0.25) is 5.89 Å². The van der Waals surface area contributed by atoms with Gasteiger partial charge >= 0.3 is 5.97 Å². The van der Waals surface area contributed by atoms with E-state index >= 15 is 0 Å². The van der Waals surface area contributed by atoms with E-state index in [0.29, 0.717) is 11.7 Å². The van der Waals surface area contributed by atoms with Crippen molar-refractivity contribution in [1.82, 2.24) is 10.3 Å². The van der Waals surface area contributed by atoms with E-state index in [9.17, 15) is 4.79 Å². The summed E-state index contributed by atoms with van der Waals surface area (Å²) in [5.74, 6) is 0.185. The molecule has 1 atom stereocenters. The van der Waals surface area contributed by atoms with Gasteiger partial charge < -0.3 is 14.8 Å². The van der Waals surface area contributed by atoms with E-state index in [1.165, 1.54) is 0 Å². The zero-order valence-electron chi connectivity index (χ0n) is 8.50. The third-order valence-electron chi connectivity index (χ3n) is 2.15. The Hall–Kier alpha value is -1.36. The number of aliphatic carboxylic acids is 1. The van der Waals surface area contributed by atoms with Crippen LogP contribution in [0.4, 0.5) is 0 Å². The average Bonchev–Trinajstić information content (AvgIpc) is 2.51. The Balaban J connectivity index is 2.94. The smallest absolute Gasteiger partial charge is 0.305 e. The van der Waals surface area contributed by atoms with Gasteiger partial charge in [-0.25, -0.2) is 4.98 Å². The monoisotopic (exact) mass is 198 g/mol. The van der Waals surface area contributed by atoms with Crippen LogP contribution in [0.25, 0.3) is 0 Å². The molecule has 0 saturated carbocycles. The van der Waals surface area contributed by atoms with Crippen LogP contribution in [0.15, 0.2) is 10.6 Å². The Morgan fingerprint density at radius 3 is 2.79 bits per heavy atom. The van der Waals surface area contributed by atoms with Gasteiger partial charge in [-0.1, -0.05) is 0 Å². The summed E-state index contributed by atoms with van der Waals surface area (Å²) >= 11 is 0. The second kappa shape index (κ2) is 3.79. The van der Waals surface area contributed by atoms with Crippen LogP contribution in [-0.4, -0.2) is 23.1 Å². The number of aromatic nitrogens is 1. The van der Waals surface area contributed by atoms with Crippen LogP contribution in [-0.2, 0) is 10.3 Å². The number of oxazole rings is 1. The molecule has 1 unspecified atom stereocenters. The normalized spacial score (nSPS) is 15.1. The minimum absolute atomic E-state index is 0.0660. The summed E-state index contributed by atoms with van der Waals surface area (Å²) in [5, 5.41) is 11.6. The van der Waals surface area contributed by atoms with Crippen LogP contribution in [0.3, 0.4) is 0 Å². The molecule has 5 heteroatoms. The molecule has 78 valence electrons. The van der Waals surface area contributed by atoms with Gasteiger partial charge in [0, 0.05) is 0 Å². The molecule has 0 aliphatic rings. The van der Waals surface area contributed by atoms with Crippen molar-refractivity contribution in [1.29, 1.82) is 0 Å². The highest BCUT2D eigenvalue weighted by Gasteiger charge is 2.32. The van der Waals surface area contributed by atoms with E-state index in [2.05, 4.69) is 10.3 Å². The third-order valence-corrected chi connectivity index (χ3v) is 2.15. The Bertz CT molecular complexity index is 335. The first-order valence-corrected chi connectivity index (χ1v) is 4.31. The highest BCUT2D eigenvalue weighted by atomic mass is 16.4. The van der Waals surface area contributed by atoms with Gasteiger partial charge in [-0.15, -0.1) is 0 Å². The molecule has 0 amide bonds. The molecule has 0 aliphatic heterocycles. The summed E-state index contributed by atoms with van der Waals surface area (Å²) < 4.78 is 5.30. The molecule has 1 rings (SSSR count). The van der Waals surface area contributed by atoms with Gasteiger partial charge in [-0.3, -0.25) is 4.79 Å². The second-order valence-corrected chi connectivity index (χ2v) is 3.43. The Labute approximate surface area is 82.1 Å². The molecular weight excluding hydrogens is 184 g/mol. The van der Waals surface area contributed by atoms with Crippen molar-refractivity contribution in [2.75, 3.05) is 7.05 Å². The van der Waals surface area contributed by atoms with Gasteiger partial charge in [-0.2, -0.15) is 0 Å². The predicted molar refractivity (Wildman–Crippen MR) is 49.9 cm³/mol. The molecule has 0 fully saturated rings. The molecule has 1 heterocycles. The fraction of sp³-hybridized carbons (Fsp3) is 0.556. The highest BCUT2D eigenvalue weighted by molar-refractivity contribution is 5.68. The summed E-state index contributed by atoms with van der Waals surface area (Å²) in [6, 6.07) is 0. The summed E-state index contributed by atoms with van der Waals surface area (Å²) in [6.07, 6.45) is 1.51. The maximum Gasteiger partial charge on any atom is 0.305 e. The van der Waals surface area contributed by atoms with Crippen molar-refractivity contribution >= 4 is 5.97 Å². The first kappa shape index (κ1) is 10.7. The maximum absolute atomic E-state index is 10.6. The molecule has 14 heavy (non-hydrogen) atoms. The molecule has 0 aromatic carbocycles. The van der Waals surface area contributed by atoms with Gasteiger partial charge in [0.1, 0.15) is 11.3 Å². The van der Waals surface area contributed by atoms with Crippen molar-refractivity contribution < 1.29 is 14.3 Å². The summed E-state index contributed by atoms with van der Waals surface area (Å²) in [5.41, 5.74) is -0.750. The lowest BCUT2D eigenvalue weighted by Crippen LogP contribution is -2.39. The molecule has 0 saturated heterocycles. The fourth-order valence-corrected chi connectivity index (χ4v) is 1.18. The van der Waals surface area contributed by atoms with E-state index < -0.39 is 11.5 Å². The number of carbonyl (C=O) groups is 1. The Kier molecular flexibility index (Phi) is 2.90. The molecule has 0 spiro atoms. The van der Waals surface area contributed by atoms with Gasteiger partial charge in [0.15, 0.2) is 0 Å². The van der Waals surface area contributed by atoms with E-state index in [-0.39, 0.29) is 6.42 Å². The highest BCUT2D eigenvalue weighted by Crippen LogP contribution is 2.23. The Morgan fingerprint density at radius 2 is 2.43 bits per heavy atom. The predicted octanol–water partition coefficient (Wildman–Crippen LogP) is 0.892. The molecular formula is C9H14N2O3. The largest absolute Gasteiger partial charge is 0.481 e. The number of carboxylic acids is 1. The van der Waals surface area contributed by atoms with Crippen molar-refractivity contribution in [2.24, 2.45) is 0 Å². The van der Waals surface area contributed by atoms with Crippen molar-refractivity contribution in [3.8, 4) is 0 Å². The first-order chi connectivity index (χ1) is 6.48. The number of nitrogens with zero attached hydrogens (tertiary/aromatic N) is 1. The number of rotatable bonds is 4. The quantitative estimate of drug-likeness (QED) is 0.751. The maximum atomic E-state index is 10.6. The zero-order valence-corrected chi connectivity index (χ0v) is 8.50. The van der Waals surface area contributed by atoms with E-state index in [0.717, 1.165) is 0 Å². The van der Waals surface area contributed by atoms with Gasteiger partial charge in [-0.05, 0) is 20.9 Å². The minimum Gasteiger partial charge on any atom is -0.481 e. The van der Waals surface area contributed by atoms with Crippen LogP contribution >= 0.6 is 0 Å². The number of hydrogen-bond acceptors (Lipinski definition) is 4. The summed E-state index contributed by atoms with van der Waals surface area (Å²) in [6.45, 7) is 3.51. The summed E-state index contributed by atoms with van der Waals surface area (Å²) in [7, 11) is 1.68. The lowest BCUT2D eigenvalue weighted by atomic mass is 9.98. The third kappa shape index (κ3) is 2.11. The van der Waals surface area contributed by atoms with Crippen LogP contribution in [0.2, 0.25) is 0 Å². The minimum atomic E-state index is -0.891. The lowest BCUT2D eigenvalue weighted by Gasteiger charge is -2.23. The molecule has 0 radical (unpaired) electrons. The Morgan fingerprint density at radius 1 is 1.79 bits per heavy atom. The SMILES string of the molecule is CNC(C)(CC(=O)O)c1ncc(C)o1. The number of carboxylic acid groups (broad SMARTS) is 1. The molecule has 1 aromatic rings. The lowest BCUT2D eigenvalue weighted by molar-refractivity contribution is -0.138. The standard InChI is InChI=1S/C9H14N2O3/c1-6-5-11-8(14-6)9(2,10-3)4-7(12)13/h5,10H,4H2,1-3H3,(H,12,13). The topological polar surface area (TPSA) is 75.4 Å². The molecule has 0 bridgehead atoms. The molecule has 5 nitrogen and oxygen atoms in total. The van der Waals surface area contributed by atoms with Crippen molar-refractivity contribution in [3.05, 3.63) is 17.8 Å². The van der Waals surface area contributed by atoms with Crippen molar-refractivity contribution in [3.63, 3.8) is 0 Å². The summed E-state index contributed by atoms with van der Waals surface area (Å²) in [4.78, 5) is 14.7. The van der Waals surface area contributed by atoms with Crippen LogP contribution in [0.1, 0.15) is 25.0 Å². The van der Waals surface area contributed by atoms with Gasteiger partial charge in [0.25, 0.3) is 0 Å². The molecule has 2 N–H and O–H groups in total. The van der Waals surface area contributed by atoms with Crippen molar-refractivity contribution in [2.45, 2.75) is 25.8 Å². The zero-order chi connectivity index (χ0) is 10.8. The fourth-order valence-electron chi connectivity index (χ4n) is 1.18. The molecule has 1 aromatic heterocycles. The molecule has 0 aliphatic carbocycles. The average molecular weight is 198 g/mol. The van der Waals surface area contributed by atoms with E-state index in [1.54, 1.807) is 27.1 Å². The van der Waals surface area contributed by atoms with Crippen LogP contribution in [0.5, 0.6) is 0 Å². The number of aryl methyl sites for hydroxylation is 1. The van der Waals surface area contributed by atoms with Gasteiger partial charge in [0.05, 0.1) is 12.6 Å². The number of hydrogen-bond donors (Lipinski definition) is 2. The number of nitrogens with one attached hydrogen (secondary N) is 1. The van der Waals surface area contributed by atoms with E-state index in [4.69, 9.17) is 9.52 Å². The second-order valence-electron chi connectivity index (χ2n) is 3.43. The first-order valence-electron chi connectivity index (χ1n) is 4.31. The van der Waals surface area contributed by atoms with Crippen LogP contribution < -0.4 is 5.32 Å². The van der Waals surface area contributed by atoms with Crippen LogP contribution in [0, 0.1) is 6.92 Å².